The number of carbonyl (C=O) groups is 1. The molecule has 0 fully saturated rings. The van der Waals surface area contributed by atoms with E-state index in [0.29, 0.717) is 12.1 Å². The molecule has 1 atom stereocenters. The first-order valence-electron chi connectivity index (χ1n) is 7.11. The maximum Gasteiger partial charge on any atom is 0.387 e. The highest BCUT2D eigenvalue weighted by molar-refractivity contribution is 6.32. The molecule has 0 unspecified atom stereocenters. The van der Waals surface area contributed by atoms with Gasteiger partial charge in [-0.25, -0.2) is 0 Å². The lowest BCUT2D eigenvalue weighted by Crippen LogP contribution is -2.20. The molecule has 0 aliphatic heterocycles. The number of nitrogens with one attached hydrogen (secondary N) is 1. The summed E-state index contributed by atoms with van der Waals surface area (Å²) in [6, 6.07) is 13.6. The van der Waals surface area contributed by atoms with Crippen molar-refractivity contribution >= 4 is 23.2 Å². The van der Waals surface area contributed by atoms with Crippen LogP contribution in [0.1, 0.15) is 24.8 Å². The molecule has 0 aliphatic carbocycles. The van der Waals surface area contributed by atoms with Crippen LogP contribution in [0.3, 0.4) is 0 Å². The van der Waals surface area contributed by atoms with Crippen LogP contribution in [0.25, 0.3) is 0 Å². The highest BCUT2D eigenvalue weighted by atomic mass is 35.5. The molecule has 0 spiro atoms. The van der Waals surface area contributed by atoms with E-state index >= 15 is 0 Å². The van der Waals surface area contributed by atoms with Gasteiger partial charge in [-0.15, -0.1) is 0 Å². The number of ether oxygens (including phenoxy) is 1. The van der Waals surface area contributed by atoms with Gasteiger partial charge in [-0.1, -0.05) is 48.9 Å². The molecule has 1 amide bonds. The maximum absolute atomic E-state index is 12.4. The van der Waals surface area contributed by atoms with Crippen LogP contribution in [0.15, 0.2) is 48.5 Å². The van der Waals surface area contributed by atoms with Crippen LogP contribution in [0, 0.1) is 0 Å². The van der Waals surface area contributed by atoms with Gasteiger partial charge in [0.15, 0.2) is 0 Å². The Hall–Kier alpha value is -2.14. The predicted molar refractivity (Wildman–Crippen MR) is 86.2 cm³/mol. The molecule has 2 rings (SSSR count). The number of rotatable bonds is 6. The highest BCUT2D eigenvalue weighted by Gasteiger charge is 2.19. The zero-order valence-corrected chi connectivity index (χ0v) is 13.2. The zero-order valence-electron chi connectivity index (χ0n) is 12.4. The summed E-state index contributed by atoms with van der Waals surface area (Å²) in [5, 5.41) is 2.76. The Labute approximate surface area is 138 Å². The Balaban J connectivity index is 2.11. The van der Waals surface area contributed by atoms with Gasteiger partial charge in [0, 0.05) is 5.69 Å². The number of hydrogen-bond donors (Lipinski definition) is 1. The van der Waals surface area contributed by atoms with Crippen molar-refractivity contribution in [2.45, 2.75) is 25.9 Å². The molecule has 23 heavy (non-hydrogen) atoms. The molecule has 0 aliphatic rings. The molecule has 0 aromatic heterocycles. The maximum atomic E-state index is 12.4. The van der Waals surface area contributed by atoms with Crippen LogP contribution in [-0.4, -0.2) is 12.5 Å². The highest BCUT2D eigenvalue weighted by Crippen LogP contribution is 2.30. The predicted octanol–water partition coefficient (Wildman–Crippen LogP) is 5.07. The summed E-state index contributed by atoms with van der Waals surface area (Å²) in [5.74, 6) is -0.612. The second-order valence-corrected chi connectivity index (χ2v) is 5.29. The fourth-order valence-corrected chi connectivity index (χ4v) is 2.48. The first kappa shape index (κ1) is 17.2. The molecule has 3 nitrogen and oxygen atoms in total. The van der Waals surface area contributed by atoms with E-state index in [4.69, 9.17) is 11.6 Å². The molecule has 6 heteroatoms. The normalized spacial score (nSPS) is 12.0. The summed E-state index contributed by atoms with van der Waals surface area (Å²) in [4.78, 5) is 12.4. The lowest BCUT2D eigenvalue weighted by molar-refractivity contribution is -0.117. The Morgan fingerprint density at radius 1 is 1.22 bits per heavy atom. The fourth-order valence-electron chi connectivity index (χ4n) is 2.26. The number of anilines is 1. The fraction of sp³-hybridized carbons (Fsp3) is 0.235. The number of amides is 1. The standard InChI is InChI=1S/C17H16ClF2NO2/c1-2-13(11-6-4-3-5-7-11)16(22)21-12-8-9-15(14(18)10-12)23-17(19)20/h3-10,13,17H,2H2,1H3,(H,21,22)/t13-/m0/s1. The SMILES string of the molecule is CC[C@H](C(=O)Nc1ccc(OC(F)F)c(Cl)c1)c1ccccc1. The first-order chi connectivity index (χ1) is 11.0. The second-order valence-electron chi connectivity index (χ2n) is 4.88. The monoisotopic (exact) mass is 339 g/mol. The molecule has 0 radical (unpaired) electrons. The quantitative estimate of drug-likeness (QED) is 0.797. The number of alkyl halides is 2. The van der Waals surface area contributed by atoms with E-state index in [1.165, 1.54) is 18.2 Å². The number of carbonyl (C=O) groups excluding carboxylic acids is 1. The van der Waals surface area contributed by atoms with E-state index in [9.17, 15) is 13.6 Å². The Bertz CT molecular complexity index is 665. The number of halogens is 3. The van der Waals surface area contributed by atoms with Gasteiger partial charge >= 0.3 is 6.61 Å². The zero-order chi connectivity index (χ0) is 16.8. The van der Waals surface area contributed by atoms with E-state index in [0.717, 1.165) is 5.56 Å². The minimum atomic E-state index is -2.95. The minimum absolute atomic E-state index is 0.0101. The average Bonchev–Trinajstić information content (AvgIpc) is 2.51. The molecule has 1 N–H and O–H groups in total. The van der Waals surface area contributed by atoms with E-state index in [1.54, 1.807) is 0 Å². The Morgan fingerprint density at radius 2 is 1.91 bits per heavy atom. The van der Waals surface area contributed by atoms with Crippen LogP contribution < -0.4 is 10.1 Å². The van der Waals surface area contributed by atoms with Crippen LogP contribution in [-0.2, 0) is 4.79 Å². The lowest BCUT2D eigenvalue weighted by Gasteiger charge is -2.16. The van der Waals surface area contributed by atoms with Gasteiger partial charge in [0.05, 0.1) is 10.9 Å². The summed E-state index contributed by atoms with van der Waals surface area (Å²) in [6.07, 6.45) is 0.635. The van der Waals surface area contributed by atoms with Crippen molar-refractivity contribution in [3.05, 3.63) is 59.1 Å². The van der Waals surface area contributed by atoms with Gasteiger partial charge in [0.2, 0.25) is 5.91 Å². The molecule has 2 aromatic carbocycles. The van der Waals surface area contributed by atoms with E-state index in [1.807, 2.05) is 37.3 Å². The smallest absolute Gasteiger partial charge is 0.387 e. The van der Waals surface area contributed by atoms with Crippen molar-refractivity contribution in [1.82, 2.24) is 0 Å². The summed E-state index contributed by atoms with van der Waals surface area (Å²) >= 11 is 5.88. The van der Waals surface area contributed by atoms with Crippen molar-refractivity contribution in [3.63, 3.8) is 0 Å². The van der Waals surface area contributed by atoms with Crippen LogP contribution in [0.5, 0.6) is 5.75 Å². The summed E-state index contributed by atoms with van der Waals surface area (Å²) < 4.78 is 28.7. The summed E-state index contributed by atoms with van der Waals surface area (Å²) in [5.41, 5.74) is 1.34. The van der Waals surface area contributed by atoms with E-state index in [2.05, 4.69) is 10.1 Å². The van der Waals surface area contributed by atoms with E-state index < -0.39 is 6.61 Å². The topological polar surface area (TPSA) is 38.3 Å². The summed E-state index contributed by atoms with van der Waals surface area (Å²) in [6.45, 7) is -1.03. The van der Waals surface area contributed by atoms with Gasteiger partial charge in [-0.05, 0) is 30.2 Å². The van der Waals surface area contributed by atoms with Crippen molar-refractivity contribution in [2.75, 3.05) is 5.32 Å². The molecular weight excluding hydrogens is 324 g/mol. The molecule has 2 aromatic rings. The largest absolute Gasteiger partial charge is 0.433 e. The molecule has 0 bridgehead atoms. The van der Waals surface area contributed by atoms with Crippen LogP contribution >= 0.6 is 11.6 Å². The van der Waals surface area contributed by atoms with Gasteiger partial charge in [0.25, 0.3) is 0 Å². The minimum Gasteiger partial charge on any atom is -0.433 e. The third-order valence-electron chi connectivity index (χ3n) is 3.34. The molecular formula is C17H16ClF2NO2. The lowest BCUT2D eigenvalue weighted by atomic mass is 9.95. The average molecular weight is 340 g/mol. The van der Waals surface area contributed by atoms with Gasteiger partial charge in [-0.2, -0.15) is 8.78 Å². The van der Waals surface area contributed by atoms with Crippen LogP contribution in [0.2, 0.25) is 5.02 Å². The molecule has 0 heterocycles. The third-order valence-corrected chi connectivity index (χ3v) is 3.64. The van der Waals surface area contributed by atoms with Crippen molar-refractivity contribution in [3.8, 4) is 5.75 Å². The van der Waals surface area contributed by atoms with Crippen LogP contribution in [0.4, 0.5) is 14.5 Å². The van der Waals surface area contributed by atoms with Gasteiger partial charge in [-0.3, -0.25) is 4.79 Å². The Morgan fingerprint density at radius 3 is 2.48 bits per heavy atom. The van der Waals surface area contributed by atoms with Crippen molar-refractivity contribution in [2.24, 2.45) is 0 Å². The second kappa shape index (κ2) is 7.92. The van der Waals surface area contributed by atoms with E-state index in [-0.39, 0.29) is 22.6 Å². The van der Waals surface area contributed by atoms with Gasteiger partial charge < -0.3 is 10.1 Å². The van der Waals surface area contributed by atoms with Gasteiger partial charge in [0.1, 0.15) is 5.75 Å². The first-order valence-corrected chi connectivity index (χ1v) is 7.49. The Kier molecular flexibility index (Phi) is 5.93. The number of hydrogen-bond acceptors (Lipinski definition) is 2. The summed E-state index contributed by atoms with van der Waals surface area (Å²) in [7, 11) is 0. The number of benzene rings is 2. The molecule has 122 valence electrons. The van der Waals surface area contributed by atoms with Crippen molar-refractivity contribution in [1.29, 1.82) is 0 Å². The molecule has 0 saturated heterocycles. The molecule has 0 saturated carbocycles. The van der Waals surface area contributed by atoms with Crippen molar-refractivity contribution < 1.29 is 18.3 Å². The third kappa shape index (κ3) is 4.66.